The molecule has 6 heteroatoms. The van der Waals surface area contributed by atoms with Crippen LogP contribution in [0.2, 0.25) is 0 Å². The maximum absolute atomic E-state index is 14.8. The molecule has 3 rings (SSSR count). The summed E-state index contributed by atoms with van der Waals surface area (Å²) in [5.74, 6) is -0.739. The van der Waals surface area contributed by atoms with E-state index in [2.05, 4.69) is 11.7 Å². The number of rotatable bonds is 9. The molecule has 0 heterocycles. The Morgan fingerprint density at radius 3 is 1.88 bits per heavy atom. The zero-order chi connectivity index (χ0) is 24.7. The van der Waals surface area contributed by atoms with E-state index in [4.69, 9.17) is 0 Å². The quantitative estimate of drug-likeness (QED) is 0.257. The van der Waals surface area contributed by atoms with Crippen LogP contribution in [0, 0.1) is 5.92 Å². The zero-order valence-corrected chi connectivity index (χ0v) is 19.8. The highest BCUT2D eigenvalue weighted by Gasteiger charge is 2.39. The highest BCUT2D eigenvalue weighted by Crippen LogP contribution is 2.38. The second kappa shape index (κ2) is 12.0. The van der Waals surface area contributed by atoms with E-state index in [1.807, 2.05) is 12.1 Å². The van der Waals surface area contributed by atoms with Crippen molar-refractivity contribution in [3.8, 4) is 0 Å². The average molecular weight is 481 g/mol. The van der Waals surface area contributed by atoms with Gasteiger partial charge in [0, 0.05) is 24.7 Å². The van der Waals surface area contributed by atoms with Crippen LogP contribution in [0.3, 0.4) is 0 Å². The van der Waals surface area contributed by atoms with E-state index in [0.717, 1.165) is 31.4 Å². The SMILES string of the molecule is CCCCC1CCC(c2ccc(/C(F)=C(/F)c3ccc(CC(OC)C(F)(F)F)cc3)cc2)CC1. The largest absolute Gasteiger partial charge is 0.414 e. The van der Waals surface area contributed by atoms with E-state index < -0.39 is 30.4 Å². The Morgan fingerprint density at radius 2 is 1.41 bits per heavy atom. The minimum absolute atomic E-state index is 0.0169. The first-order chi connectivity index (χ1) is 16.2. The molecule has 1 atom stereocenters. The van der Waals surface area contributed by atoms with Crippen molar-refractivity contribution in [1.82, 2.24) is 0 Å². The normalized spacial score (nSPS) is 20.7. The van der Waals surface area contributed by atoms with Gasteiger partial charge in [0.1, 0.15) is 0 Å². The van der Waals surface area contributed by atoms with E-state index in [1.165, 1.54) is 56.4 Å². The first-order valence-corrected chi connectivity index (χ1v) is 12.1. The standard InChI is InChI=1S/C28H33F5O/c1-3-4-5-19-6-10-21(11-7-19)22-14-16-24(17-15-22)27(30)26(29)23-12-8-20(9-13-23)18-25(34-2)28(31,32)33/h8-9,12-17,19,21,25H,3-7,10-11,18H2,1-2H3/b27-26-. The van der Waals surface area contributed by atoms with Crippen LogP contribution in [-0.4, -0.2) is 19.4 Å². The summed E-state index contributed by atoms with van der Waals surface area (Å²) in [5.41, 5.74) is 1.62. The van der Waals surface area contributed by atoms with Crippen LogP contribution in [-0.2, 0) is 11.2 Å². The molecule has 34 heavy (non-hydrogen) atoms. The first-order valence-electron chi connectivity index (χ1n) is 12.1. The van der Waals surface area contributed by atoms with E-state index >= 15 is 0 Å². The van der Waals surface area contributed by atoms with Crippen molar-refractivity contribution >= 4 is 11.7 Å². The number of unbranched alkanes of at least 4 members (excludes halogenated alkanes) is 1. The predicted molar refractivity (Wildman–Crippen MR) is 127 cm³/mol. The molecule has 0 saturated heterocycles. The molecule has 1 fully saturated rings. The minimum atomic E-state index is -4.49. The van der Waals surface area contributed by atoms with Crippen molar-refractivity contribution in [1.29, 1.82) is 0 Å². The van der Waals surface area contributed by atoms with Gasteiger partial charge in [-0.3, -0.25) is 0 Å². The summed E-state index contributed by atoms with van der Waals surface area (Å²) in [5, 5.41) is 0. The fraction of sp³-hybridized carbons (Fsp3) is 0.500. The van der Waals surface area contributed by atoms with Crippen molar-refractivity contribution in [3.63, 3.8) is 0 Å². The molecule has 1 saturated carbocycles. The monoisotopic (exact) mass is 480 g/mol. The summed E-state index contributed by atoms with van der Waals surface area (Å²) < 4.78 is 72.7. The van der Waals surface area contributed by atoms with Gasteiger partial charge >= 0.3 is 6.18 Å². The van der Waals surface area contributed by atoms with Gasteiger partial charge in [0.05, 0.1) is 0 Å². The molecule has 2 aromatic carbocycles. The molecule has 0 N–H and O–H groups in total. The van der Waals surface area contributed by atoms with Gasteiger partial charge in [-0.15, -0.1) is 0 Å². The Labute approximate surface area is 199 Å². The van der Waals surface area contributed by atoms with Crippen LogP contribution in [0.1, 0.15) is 80.0 Å². The molecule has 0 aliphatic heterocycles. The van der Waals surface area contributed by atoms with Crippen molar-refractivity contribution in [2.24, 2.45) is 5.92 Å². The van der Waals surface area contributed by atoms with Crippen molar-refractivity contribution in [3.05, 3.63) is 70.8 Å². The third-order valence-corrected chi connectivity index (χ3v) is 6.92. The van der Waals surface area contributed by atoms with E-state index in [9.17, 15) is 22.0 Å². The van der Waals surface area contributed by atoms with E-state index in [1.54, 1.807) is 12.1 Å². The molecule has 0 radical (unpaired) electrons. The third-order valence-electron chi connectivity index (χ3n) is 6.92. The highest BCUT2D eigenvalue weighted by molar-refractivity contribution is 5.83. The Hall–Kier alpha value is -2.21. The summed E-state index contributed by atoms with van der Waals surface area (Å²) in [6, 6.07) is 12.3. The summed E-state index contributed by atoms with van der Waals surface area (Å²) in [6.07, 6.45) is 1.68. The summed E-state index contributed by atoms with van der Waals surface area (Å²) in [4.78, 5) is 0. The smallest absolute Gasteiger partial charge is 0.372 e. The lowest BCUT2D eigenvalue weighted by molar-refractivity contribution is -0.212. The Bertz CT molecular complexity index is 923. The minimum Gasteiger partial charge on any atom is -0.372 e. The highest BCUT2D eigenvalue weighted by atomic mass is 19.4. The second-order valence-electron chi connectivity index (χ2n) is 9.28. The number of methoxy groups -OCH3 is 1. The predicted octanol–water partition coefficient (Wildman–Crippen LogP) is 9.04. The van der Waals surface area contributed by atoms with Crippen molar-refractivity contribution < 1.29 is 26.7 Å². The van der Waals surface area contributed by atoms with Gasteiger partial charge in [0.2, 0.25) is 0 Å². The number of hydrogen-bond donors (Lipinski definition) is 0. The van der Waals surface area contributed by atoms with Crippen LogP contribution in [0.4, 0.5) is 22.0 Å². The summed E-state index contributed by atoms with van der Waals surface area (Å²) in [6.45, 7) is 2.22. The Kier molecular flexibility index (Phi) is 9.29. The third kappa shape index (κ3) is 6.91. The second-order valence-corrected chi connectivity index (χ2v) is 9.28. The molecule has 1 aliphatic rings. The number of halogens is 5. The lowest BCUT2D eigenvalue weighted by Gasteiger charge is -2.28. The molecular formula is C28H33F5O. The molecule has 0 amide bonds. The van der Waals surface area contributed by atoms with Gasteiger partial charge in [-0.2, -0.15) is 13.2 Å². The fourth-order valence-electron chi connectivity index (χ4n) is 4.77. The topological polar surface area (TPSA) is 9.23 Å². The van der Waals surface area contributed by atoms with Crippen LogP contribution >= 0.6 is 0 Å². The van der Waals surface area contributed by atoms with Crippen molar-refractivity contribution in [2.45, 2.75) is 76.5 Å². The molecule has 186 valence electrons. The molecule has 1 unspecified atom stereocenters. The first kappa shape index (κ1) is 26.4. The van der Waals surface area contributed by atoms with Gasteiger partial charge in [-0.1, -0.05) is 74.7 Å². The maximum atomic E-state index is 14.8. The maximum Gasteiger partial charge on any atom is 0.414 e. The number of benzene rings is 2. The van der Waals surface area contributed by atoms with E-state index in [-0.39, 0.29) is 11.1 Å². The van der Waals surface area contributed by atoms with E-state index in [0.29, 0.717) is 11.5 Å². The van der Waals surface area contributed by atoms with Gasteiger partial charge in [-0.05, 0) is 48.6 Å². The number of alkyl halides is 3. The van der Waals surface area contributed by atoms with Crippen LogP contribution in [0.5, 0.6) is 0 Å². The van der Waals surface area contributed by atoms with Crippen LogP contribution in [0.15, 0.2) is 48.5 Å². The molecule has 0 bridgehead atoms. The van der Waals surface area contributed by atoms with Gasteiger partial charge in [0.25, 0.3) is 0 Å². The Balaban J connectivity index is 1.64. The summed E-state index contributed by atoms with van der Waals surface area (Å²) in [7, 11) is 0.994. The lowest BCUT2D eigenvalue weighted by Crippen LogP contribution is -2.32. The van der Waals surface area contributed by atoms with Crippen LogP contribution < -0.4 is 0 Å². The molecule has 0 aromatic heterocycles. The molecular weight excluding hydrogens is 447 g/mol. The van der Waals surface area contributed by atoms with Gasteiger partial charge in [0.15, 0.2) is 17.8 Å². The molecule has 0 spiro atoms. The molecule has 2 aromatic rings. The van der Waals surface area contributed by atoms with Crippen molar-refractivity contribution in [2.75, 3.05) is 7.11 Å². The fourth-order valence-corrected chi connectivity index (χ4v) is 4.77. The number of ether oxygens (including phenoxy) is 1. The molecule has 1 nitrogen and oxygen atoms in total. The Morgan fingerprint density at radius 1 is 0.882 bits per heavy atom. The average Bonchev–Trinajstić information content (AvgIpc) is 2.85. The van der Waals surface area contributed by atoms with Crippen LogP contribution in [0.25, 0.3) is 11.7 Å². The van der Waals surface area contributed by atoms with Gasteiger partial charge < -0.3 is 4.74 Å². The lowest BCUT2D eigenvalue weighted by atomic mass is 9.77. The summed E-state index contributed by atoms with van der Waals surface area (Å²) >= 11 is 0. The number of hydrogen-bond acceptors (Lipinski definition) is 1. The molecule has 1 aliphatic carbocycles. The zero-order valence-electron chi connectivity index (χ0n) is 19.8. The van der Waals surface area contributed by atoms with Gasteiger partial charge in [-0.25, -0.2) is 8.78 Å².